The highest BCUT2D eigenvalue weighted by Gasteiger charge is 2.42. The molecule has 0 saturated carbocycles. The van der Waals surface area contributed by atoms with Crippen molar-refractivity contribution in [2.45, 2.75) is 95.9 Å². The lowest BCUT2D eigenvalue weighted by atomic mass is 10.1. The molecule has 1 rings (SSSR count). The first-order valence-electron chi connectivity index (χ1n) is 10.2. The molecule has 0 aromatic heterocycles. The second-order valence-corrected chi connectivity index (χ2v) is 6.96. The third-order valence-electron chi connectivity index (χ3n) is 4.52. The van der Waals surface area contributed by atoms with E-state index in [1.54, 1.807) is 0 Å². The summed E-state index contributed by atoms with van der Waals surface area (Å²) in [4.78, 5) is 10.4. The molecule has 0 aliphatic carbocycles. The van der Waals surface area contributed by atoms with Gasteiger partial charge >= 0.3 is 5.97 Å². The molecule has 26 heavy (non-hydrogen) atoms. The van der Waals surface area contributed by atoms with Gasteiger partial charge in [0.05, 0.1) is 6.10 Å². The van der Waals surface area contributed by atoms with Crippen LogP contribution in [0.25, 0.3) is 0 Å². The third-order valence-corrected chi connectivity index (χ3v) is 4.52. The standard InChI is InChI=1S/C22H36O4/c1-2-3-4-5-6-7-8-9-10-11-13-16-19(23)22-20(26-22)17-14-12-15-18-21(24)25/h6-7,9-10,13,16,19-20,22-23H,2-5,8,11-12,14-15,17-18H2,1H3,(H,24,25)/b7-6-,10-9-,16-13-. The maximum absolute atomic E-state index is 10.4. The molecule has 1 aliphatic heterocycles. The van der Waals surface area contributed by atoms with Gasteiger partial charge in [-0.1, -0.05) is 69.1 Å². The topological polar surface area (TPSA) is 70.1 Å². The van der Waals surface area contributed by atoms with Crippen LogP contribution in [0.1, 0.15) is 77.6 Å². The maximum atomic E-state index is 10.4. The van der Waals surface area contributed by atoms with Crippen LogP contribution in [0, 0.1) is 0 Å². The fraction of sp³-hybridized carbons (Fsp3) is 0.682. The van der Waals surface area contributed by atoms with Gasteiger partial charge < -0.3 is 14.9 Å². The number of epoxide rings is 1. The number of aliphatic carboxylic acids is 1. The van der Waals surface area contributed by atoms with Crippen LogP contribution in [0.3, 0.4) is 0 Å². The molecule has 0 aromatic rings. The Hall–Kier alpha value is -1.39. The van der Waals surface area contributed by atoms with Crippen molar-refractivity contribution in [1.82, 2.24) is 0 Å². The van der Waals surface area contributed by atoms with Gasteiger partial charge in [-0.2, -0.15) is 0 Å². The van der Waals surface area contributed by atoms with Gasteiger partial charge in [-0.25, -0.2) is 0 Å². The predicted octanol–water partition coefficient (Wildman–Crippen LogP) is 5.18. The van der Waals surface area contributed by atoms with Crippen LogP contribution in [-0.2, 0) is 9.53 Å². The van der Waals surface area contributed by atoms with E-state index in [4.69, 9.17) is 9.84 Å². The molecular formula is C22H36O4. The minimum absolute atomic E-state index is 0.0826. The van der Waals surface area contributed by atoms with E-state index in [0.717, 1.165) is 38.5 Å². The van der Waals surface area contributed by atoms with Crippen molar-refractivity contribution in [3.63, 3.8) is 0 Å². The van der Waals surface area contributed by atoms with Crippen LogP contribution < -0.4 is 0 Å². The van der Waals surface area contributed by atoms with Crippen LogP contribution in [0.4, 0.5) is 0 Å². The lowest BCUT2D eigenvalue weighted by Crippen LogP contribution is -2.13. The van der Waals surface area contributed by atoms with Crippen molar-refractivity contribution in [2.75, 3.05) is 0 Å². The number of hydrogen-bond donors (Lipinski definition) is 2. The average Bonchev–Trinajstić information content (AvgIpc) is 3.38. The van der Waals surface area contributed by atoms with Crippen molar-refractivity contribution >= 4 is 5.97 Å². The highest BCUT2D eigenvalue weighted by Crippen LogP contribution is 2.30. The highest BCUT2D eigenvalue weighted by molar-refractivity contribution is 5.66. The zero-order chi connectivity index (χ0) is 19.0. The monoisotopic (exact) mass is 364 g/mol. The van der Waals surface area contributed by atoms with Gasteiger partial charge in [-0.3, -0.25) is 4.79 Å². The Kier molecular flexibility index (Phi) is 12.8. The van der Waals surface area contributed by atoms with E-state index in [2.05, 4.69) is 31.2 Å². The second-order valence-electron chi connectivity index (χ2n) is 6.96. The summed E-state index contributed by atoms with van der Waals surface area (Å²) in [7, 11) is 0. The number of allylic oxidation sites excluding steroid dienone is 5. The molecule has 0 spiro atoms. The zero-order valence-electron chi connectivity index (χ0n) is 16.2. The lowest BCUT2D eigenvalue weighted by Gasteiger charge is -2.00. The van der Waals surface area contributed by atoms with Gasteiger partial charge in [0.1, 0.15) is 12.2 Å². The van der Waals surface area contributed by atoms with Gasteiger partial charge in [0.15, 0.2) is 0 Å². The van der Waals surface area contributed by atoms with Crippen LogP contribution in [0.5, 0.6) is 0 Å². The van der Waals surface area contributed by atoms with Gasteiger partial charge in [-0.15, -0.1) is 0 Å². The number of hydrogen-bond acceptors (Lipinski definition) is 3. The fourth-order valence-corrected chi connectivity index (χ4v) is 2.89. The molecule has 0 aromatic carbocycles. The number of carbonyl (C=O) groups is 1. The Morgan fingerprint density at radius 3 is 2.46 bits per heavy atom. The minimum atomic E-state index is -0.733. The van der Waals surface area contributed by atoms with Crippen molar-refractivity contribution in [2.24, 2.45) is 0 Å². The van der Waals surface area contributed by atoms with E-state index >= 15 is 0 Å². The first-order valence-corrected chi connectivity index (χ1v) is 10.2. The molecule has 0 bridgehead atoms. The SMILES string of the molecule is CCCCC/C=C\C/C=C\C/C=C\C(O)C1OC1CCCCCC(=O)O. The van der Waals surface area contributed by atoms with Gasteiger partial charge in [-0.05, 0) is 38.5 Å². The van der Waals surface area contributed by atoms with Crippen molar-refractivity contribution in [3.8, 4) is 0 Å². The maximum Gasteiger partial charge on any atom is 0.303 e. The number of aliphatic hydroxyl groups excluding tert-OH is 1. The van der Waals surface area contributed by atoms with Crippen LogP contribution in [0.2, 0.25) is 0 Å². The Labute approximate surface area is 158 Å². The highest BCUT2D eigenvalue weighted by atomic mass is 16.6. The largest absolute Gasteiger partial charge is 0.481 e. The number of rotatable bonds is 16. The summed E-state index contributed by atoms with van der Waals surface area (Å²) >= 11 is 0. The van der Waals surface area contributed by atoms with E-state index in [0.29, 0.717) is 0 Å². The first-order chi connectivity index (χ1) is 12.6. The molecule has 4 heteroatoms. The predicted molar refractivity (Wildman–Crippen MR) is 106 cm³/mol. The van der Waals surface area contributed by atoms with Crippen molar-refractivity contribution < 1.29 is 19.7 Å². The zero-order valence-corrected chi connectivity index (χ0v) is 16.2. The molecular weight excluding hydrogens is 328 g/mol. The van der Waals surface area contributed by atoms with E-state index in [1.165, 1.54) is 25.7 Å². The molecule has 1 aliphatic rings. The van der Waals surface area contributed by atoms with Crippen molar-refractivity contribution in [3.05, 3.63) is 36.5 Å². The second kappa shape index (κ2) is 14.7. The number of aliphatic hydroxyl groups is 1. The fourth-order valence-electron chi connectivity index (χ4n) is 2.89. The third kappa shape index (κ3) is 12.0. The summed E-state index contributed by atoms with van der Waals surface area (Å²) in [5.74, 6) is -0.733. The van der Waals surface area contributed by atoms with E-state index in [9.17, 15) is 9.90 Å². The Morgan fingerprint density at radius 2 is 1.73 bits per heavy atom. The molecule has 1 heterocycles. The molecule has 4 nitrogen and oxygen atoms in total. The molecule has 0 radical (unpaired) electrons. The Morgan fingerprint density at radius 1 is 1.00 bits per heavy atom. The quantitative estimate of drug-likeness (QED) is 0.225. The summed E-state index contributed by atoms with van der Waals surface area (Å²) < 4.78 is 5.51. The average molecular weight is 365 g/mol. The number of carboxylic acids is 1. The van der Waals surface area contributed by atoms with Crippen LogP contribution in [-0.4, -0.2) is 34.5 Å². The minimum Gasteiger partial charge on any atom is -0.481 e. The Balaban J connectivity index is 1.99. The molecule has 1 saturated heterocycles. The normalized spacial score (nSPS) is 21.2. The summed E-state index contributed by atoms with van der Waals surface area (Å²) in [5.41, 5.74) is 0. The lowest BCUT2D eigenvalue weighted by molar-refractivity contribution is -0.137. The van der Waals surface area contributed by atoms with E-state index in [1.807, 2.05) is 12.2 Å². The molecule has 3 atom stereocenters. The summed E-state index contributed by atoms with van der Waals surface area (Å²) in [6.45, 7) is 2.22. The smallest absolute Gasteiger partial charge is 0.303 e. The number of ether oxygens (including phenoxy) is 1. The summed E-state index contributed by atoms with van der Waals surface area (Å²) in [6, 6.07) is 0. The van der Waals surface area contributed by atoms with Crippen molar-refractivity contribution in [1.29, 1.82) is 0 Å². The molecule has 148 valence electrons. The summed E-state index contributed by atoms with van der Waals surface area (Å²) in [6.07, 6.45) is 22.6. The van der Waals surface area contributed by atoms with Gasteiger partial charge in [0.25, 0.3) is 0 Å². The number of unbranched alkanes of at least 4 members (excludes halogenated alkanes) is 5. The van der Waals surface area contributed by atoms with E-state index in [-0.39, 0.29) is 18.6 Å². The first kappa shape index (κ1) is 22.7. The Bertz CT molecular complexity index is 453. The van der Waals surface area contributed by atoms with Gasteiger partial charge in [0, 0.05) is 6.42 Å². The molecule has 3 unspecified atom stereocenters. The molecule has 0 amide bonds. The molecule has 2 N–H and O–H groups in total. The van der Waals surface area contributed by atoms with Crippen LogP contribution >= 0.6 is 0 Å². The summed E-state index contributed by atoms with van der Waals surface area (Å²) in [5, 5.41) is 18.6. The molecule has 1 fully saturated rings. The van der Waals surface area contributed by atoms with Gasteiger partial charge in [0.2, 0.25) is 0 Å². The van der Waals surface area contributed by atoms with Crippen LogP contribution in [0.15, 0.2) is 36.5 Å². The van der Waals surface area contributed by atoms with E-state index < -0.39 is 12.1 Å². The number of carboxylic acid groups (broad SMARTS) is 1.